The average molecular weight is 329 g/mol. The summed E-state index contributed by atoms with van der Waals surface area (Å²) < 4.78 is 0. The van der Waals surface area contributed by atoms with Crippen LogP contribution in [-0.4, -0.2) is 17.6 Å². The first-order chi connectivity index (χ1) is 11.0. The molecule has 1 unspecified atom stereocenters. The Morgan fingerprint density at radius 3 is 2.78 bits per heavy atom. The minimum absolute atomic E-state index is 0.0439. The number of carbonyl (C=O) groups excluding carboxylic acids is 1. The molecule has 0 bridgehead atoms. The monoisotopic (exact) mass is 329 g/mol. The summed E-state index contributed by atoms with van der Waals surface area (Å²) in [5, 5.41) is 15.2. The van der Waals surface area contributed by atoms with Crippen molar-refractivity contribution in [1.82, 2.24) is 5.32 Å². The highest BCUT2D eigenvalue weighted by Crippen LogP contribution is 2.25. The first-order valence-corrected chi connectivity index (χ1v) is 9.06. The van der Waals surface area contributed by atoms with Gasteiger partial charge in [-0.3, -0.25) is 4.79 Å². The van der Waals surface area contributed by atoms with Gasteiger partial charge in [-0.05, 0) is 60.7 Å². The molecule has 3 rings (SSSR count). The number of hydrogen-bond donors (Lipinski definition) is 2. The van der Waals surface area contributed by atoms with Crippen LogP contribution in [0, 0.1) is 0 Å². The van der Waals surface area contributed by atoms with E-state index in [0.29, 0.717) is 6.42 Å². The average Bonchev–Trinajstić information content (AvgIpc) is 3.08. The molecule has 0 fully saturated rings. The second-order valence-electron chi connectivity index (χ2n) is 6.51. The predicted molar refractivity (Wildman–Crippen MR) is 93.7 cm³/mol. The van der Waals surface area contributed by atoms with Gasteiger partial charge in [-0.2, -0.15) is 0 Å². The molecule has 0 spiro atoms. The standard InChI is InChI=1S/C19H23NO2S/c1-19(22,17-7-4-10-23-17)13-20-18(21)12-14-8-9-15-5-2-3-6-16(15)11-14/h4,7-11,22H,2-3,5-6,12-13H2,1H3,(H,20,21). The van der Waals surface area contributed by atoms with Crippen molar-refractivity contribution in [3.8, 4) is 0 Å². The van der Waals surface area contributed by atoms with Gasteiger partial charge in [0.25, 0.3) is 0 Å². The van der Waals surface area contributed by atoms with E-state index < -0.39 is 5.60 Å². The van der Waals surface area contributed by atoms with Crippen LogP contribution in [0.1, 0.15) is 41.3 Å². The first kappa shape index (κ1) is 16.2. The summed E-state index contributed by atoms with van der Waals surface area (Å²) in [4.78, 5) is 13.0. The van der Waals surface area contributed by atoms with Crippen molar-refractivity contribution in [2.24, 2.45) is 0 Å². The third-order valence-corrected chi connectivity index (χ3v) is 5.58. The van der Waals surface area contributed by atoms with E-state index in [1.165, 1.54) is 35.3 Å². The molecule has 1 aliphatic carbocycles. The van der Waals surface area contributed by atoms with Gasteiger partial charge < -0.3 is 10.4 Å². The number of thiophene rings is 1. The molecule has 0 saturated heterocycles. The molecule has 23 heavy (non-hydrogen) atoms. The zero-order valence-electron chi connectivity index (χ0n) is 13.5. The second-order valence-corrected chi connectivity index (χ2v) is 7.46. The molecule has 1 aliphatic rings. The molecular weight excluding hydrogens is 306 g/mol. The van der Waals surface area contributed by atoms with E-state index in [-0.39, 0.29) is 12.5 Å². The second kappa shape index (κ2) is 6.85. The molecule has 1 aromatic carbocycles. The van der Waals surface area contributed by atoms with Gasteiger partial charge in [0.1, 0.15) is 5.60 Å². The number of carbonyl (C=O) groups is 1. The zero-order valence-corrected chi connectivity index (χ0v) is 14.3. The summed E-state index contributed by atoms with van der Waals surface area (Å²) in [6, 6.07) is 10.2. The quantitative estimate of drug-likeness (QED) is 0.885. The van der Waals surface area contributed by atoms with Crippen molar-refractivity contribution in [2.75, 3.05) is 6.54 Å². The van der Waals surface area contributed by atoms with Crippen molar-refractivity contribution >= 4 is 17.2 Å². The fourth-order valence-corrected chi connectivity index (χ4v) is 3.87. The van der Waals surface area contributed by atoms with E-state index in [1.807, 2.05) is 17.5 Å². The molecule has 3 nitrogen and oxygen atoms in total. The Morgan fingerprint density at radius 1 is 1.26 bits per heavy atom. The molecule has 0 radical (unpaired) electrons. The Morgan fingerprint density at radius 2 is 2.04 bits per heavy atom. The van der Waals surface area contributed by atoms with E-state index in [1.54, 1.807) is 6.92 Å². The van der Waals surface area contributed by atoms with E-state index >= 15 is 0 Å². The molecule has 1 aromatic heterocycles. The summed E-state index contributed by atoms with van der Waals surface area (Å²) in [7, 11) is 0. The summed E-state index contributed by atoms with van der Waals surface area (Å²) in [6.07, 6.45) is 5.16. The van der Waals surface area contributed by atoms with Crippen molar-refractivity contribution in [3.63, 3.8) is 0 Å². The van der Waals surface area contributed by atoms with Crippen molar-refractivity contribution in [1.29, 1.82) is 0 Å². The normalized spacial score (nSPS) is 16.4. The van der Waals surface area contributed by atoms with Crippen LogP contribution >= 0.6 is 11.3 Å². The number of hydrogen-bond acceptors (Lipinski definition) is 3. The maximum absolute atomic E-state index is 12.2. The predicted octanol–water partition coefficient (Wildman–Crippen LogP) is 3.19. The Bertz CT molecular complexity index is 677. The lowest BCUT2D eigenvalue weighted by Gasteiger charge is -2.22. The molecule has 1 heterocycles. The maximum Gasteiger partial charge on any atom is 0.224 e. The molecule has 122 valence electrons. The van der Waals surface area contributed by atoms with Crippen LogP contribution in [0.4, 0.5) is 0 Å². The Labute approximate surface area is 141 Å². The molecule has 2 aromatic rings. The lowest BCUT2D eigenvalue weighted by atomic mass is 9.90. The van der Waals surface area contributed by atoms with E-state index in [4.69, 9.17) is 0 Å². The highest BCUT2D eigenvalue weighted by molar-refractivity contribution is 7.10. The highest BCUT2D eigenvalue weighted by atomic mass is 32.1. The van der Waals surface area contributed by atoms with Crippen LogP contribution in [0.2, 0.25) is 0 Å². The SMILES string of the molecule is CC(O)(CNC(=O)Cc1ccc2c(c1)CCCC2)c1cccs1. The van der Waals surface area contributed by atoms with Crippen molar-refractivity contribution < 1.29 is 9.90 Å². The number of benzene rings is 1. The summed E-state index contributed by atoms with van der Waals surface area (Å²) >= 11 is 1.50. The number of fused-ring (bicyclic) bond motifs is 1. The number of rotatable bonds is 5. The number of aryl methyl sites for hydroxylation is 2. The topological polar surface area (TPSA) is 49.3 Å². The van der Waals surface area contributed by atoms with Gasteiger partial charge >= 0.3 is 0 Å². The van der Waals surface area contributed by atoms with E-state index in [2.05, 4.69) is 23.5 Å². The molecule has 0 saturated carbocycles. The minimum Gasteiger partial charge on any atom is -0.383 e. The molecule has 1 amide bonds. The van der Waals surface area contributed by atoms with Gasteiger partial charge in [0.15, 0.2) is 0 Å². The van der Waals surface area contributed by atoms with Crippen molar-refractivity contribution in [3.05, 3.63) is 57.3 Å². The van der Waals surface area contributed by atoms with E-state index in [0.717, 1.165) is 23.3 Å². The van der Waals surface area contributed by atoms with Crippen LogP contribution in [0.15, 0.2) is 35.7 Å². The van der Waals surface area contributed by atoms with Crippen LogP contribution < -0.4 is 5.32 Å². The van der Waals surface area contributed by atoms with Crippen LogP contribution in [0.25, 0.3) is 0 Å². The summed E-state index contributed by atoms with van der Waals surface area (Å²) in [5.74, 6) is -0.0439. The molecule has 1 atom stereocenters. The molecule has 4 heteroatoms. The third-order valence-electron chi connectivity index (χ3n) is 4.46. The smallest absolute Gasteiger partial charge is 0.224 e. The van der Waals surface area contributed by atoms with Crippen molar-refractivity contribution in [2.45, 2.75) is 44.6 Å². The van der Waals surface area contributed by atoms with Gasteiger partial charge in [0.2, 0.25) is 5.91 Å². The molecular formula is C19H23NO2S. The zero-order chi connectivity index (χ0) is 16.3. The Hall–Kier alpha value is -1.65. The maximum atomic E-state index is 12.2. The minimum atomic E-state index is -1.01. The lowest BCUT2D eigenvalue weighted by Crippen LogP contribution is -2.38. The van der Waals surface area contributed by atoms with Gasteiger partial charge in [0, 0.05) is 4.88 Å². The fraction of sp³-hybridized carbons (Fsp3) is 0.421. The van der Waals surface area contributed by atoms with Gasteiger partial charge in [-0.25, -0.2) is 0 Å². The third kappa shape index (κ3) is 4.01. The summed E-state index contributed by atoms with van der Waals surface area (Å²) in [5.41, 5.74) is 2.87. The van der Waals surface area contributed by atoms with E-state index in [9.17, 15) is 9.90 Å². The van der Waals surface area contributed by atoms with Crippen LogP contribution in [-0.2, 0) is 29.7 Å². The Balaban J connectivity index is 1.57. The molecule has 2 N–H and O–H groups in total. The number of aliphatic hydroxyl groups is 1. The lowest BCUT2D eigenvalue weighted by molar-refractivity contribution is -0.121. The number of amides is 1. The van der Waals surface area contributed by atoms with Gasteiger partial charge in [-0.15, -0.1) is 11.3 Å². The first-order valence-electron chi connectivity index (χ1n) is 8.18. The Kier molecular flexibility index (Phi) is 4.83. The van der Waals surface area contributed by atoms with Crippen LogP contribution in [0.5, 0.6) is 0 Å². The van der Waals surface area contributed by atoms with Gasteiger partial charge in [-0.1, -0.05) is 24.3 Å². The van der Waals surface area contributed by atoms with Crippen LogP contribution in [0.3, 0.4) is 0 Å². The highest BCUT2D eigenvalue weighted by Gasteiger charge is 2.24. The summed E-state index contributed by atoms with van der Waals surface area (Å²) in [6.45, 7) is 1.97. The fourth-order valence-electron chi connectivity index (χ4n) is 3.09. The van der Waals surface area contributed by atoms with Gasteiger partial charge in [0.05, 0.1) is 13.0 Å². The number of nitrogens with one attached hydrogen (secondary N) is 1. The molecule has 0 aliphatic heterocycles. The largest absolute Gasteiger partial charge is 0.383 e.